The summed E-state index contributed by atoms with van der Waals surface area (Å²) in [6, 6.07) is 15.0. The average molecular weight is 371 g/mol. The molecule has 0 spiro atoms. The zero-order valence-corrected chi connectivity index (χ0v) is 14.6. The molecule has 0 aliphatic heterocycles. The average Bonchev–Trinajstić information content (AvgIpc) is 2.67. The zero-order valence-electron chi connectivity index (χ0n) is 14.6. The van der Waals surface area contributed by atoms with E-state index in [2.05, 4.69) is 5.32 Å². The maximum absolute atomic E-state index is 12.1. The quantitative estimate of drug-likeness (QED) is 0.550. The van der Waals surface area contributed by atoms with Crippen LogP contribution in [0.15, 0.2) is 54.6 Å². The summed E-state index contributed by atoms with van der Waals surface area (Å²) in [4.78, 5) is 33.8. The van der Waals surface area contributed by atoms with Gasteiger partial charge in [0.25, 0.3) is 0 Å². The van der Waals surface area contributed by atoms with Crippen LogP contribution in [-0.2, 0) is 27.5 Å². The predicted octanol–water partition coefficient (Wildman–Crippen LogP) is 2.45. The van der Waals surface area contributed by atoms with E-state index in [4.69, 9.17) is 14.9 Å². The number of hydrogen-bond donors (Lipinski definition) is 3. The van der Waals surface area contributed by atoms with E-state index in [1.54, 1.807) is 24.3 Å². The summed E-state index contributed by atoms with van der Waals surface area (Å²) >= 11 is 0. The summed E-state index contributed by atoms with van der Waals surface area (Å²) < 4.78 is 5.25. The van der Waals surface area contributed by atoms with Crippen LogP contribution in [0.4, 0.5) is 0 Å². The predicted molar refractivity (Wildman–Crippen MR) is 97.1 cm³/mol. The molecule has 0 unspecified atom stereocenters. The number of carbonyl (C=O) groups excluding carboxylic acids is 1. The number of carbonyl (C=O) groups is 3. The van der Waals surface area contributed by atoms with Crippen molar-refractivity contribution in [2.75, 3.05) is 0 Å². The molecule has 0 radical (unpaired) electrons. The molecule has 2 aromatic carbocycles. The molecule has 2 rings (SSSR count). The van der Waals surface area contributed by atoms with Gasteiger partial charge in [0.05, 0.1) is 5.56 Å². The standard InChI is InChI=1S/C20H21NO6/c22-18(23)11-10-17(19(24)25)21-12-14-6-8-16(9-7-14)20(26)27-13-15-4-2-1-3-5-15/h1-9,17,21H,10-13H2,(H,22,23)(H,24,25)/t17-/m0/s1. The smallest absolute Gasteiger partial charge is 0.338 e. The highest BCUT2D eigenvalue weighted by molar-refractivity contribution is 5.89. The summed E-state index contributed by atoms with van der Waals surface area (Å²) in [5.41, 5.74) is 2.07. The number of rotatable bonds is 10. The van der Waals surface area contributed by atoms with E-state index in [1.165, 1.54) is 0 Å². The molecule has 1 atom stereocenters. The molecule has 0 aromatic heterocycles. The maximum Gasteiger partial charge on any atom is 0.338 e. The van der Waals surface area contributed by atoms with Gasteiger partial charge in [0.1, 0.15) is 12.6 Å². The van der Waals surface area contributed by atoms with Crippen molar-refractivity contribution in [1.29, 1.82) is 0 Å². The SMILES string of the molecule is O=C(O)CC[C@H](NCc1ccc(C(=O)OCc2ccccc2)cc1)C(=O)O. The number of aliphatic carboxylic acids is 2. The van der Waals surface area contributed by atoms with Crippen molar-refractivity contribution in [3.8, 4) is 0 Å². The fourth-order valence-corrected chi connectivity index (χ4v) is 2.39. The number of benzene rings is 2. The van der Waals surface area contributed by atoms with Gasteiger partial charge in [-0.2, -0.15) is 0 Å². The highest BCUT2D eigenvalue weighted by atomic mass is 16.5. The Morgan fingerprint density at radius 2 is 1.59 bits per heavy atom. The molecular formula is C20H21NO6. The molecule has 7 nitrogen and oxygen atoms in total. The number of hydrogen-bond acceptors (Lipinski definition) is 5. The van der Waals surface area contributed by atoms with Crippen molar-refractivity contribution in [2.24, 2.45) is 0 Å². The van der Waals surface area contributed by atoms with Crippen molar-refractivity contribution in [3.63, 3.8) is 0 Å². The van der Waals surface area contributed by atoms with E-state index in [0.29, 0.717) is 5.56 Å². The van der Waals surface area contributed by atoms with Crippen LogP contribution in [0.25, 0.3) is 0 Å². The van der Waals surface area contributed by atoms with Gasteiger partial charge in [-0.15, -0.1) is 0 Å². The van der Waals surface area contributed by atoms with Gasteiger partial charge in [-0.3, -0.25) is 9.59 Å². The van der Waals surface area contributed by atoms with Crippen LogP contribution in [0.1, 0.15) is 34.3 Å². The van der Waals surface area contributed by atoms with Crippen LogP contribution >= 0.6 is 0 Å². The molecule has 0 aliphatic carbocycles. The normalized spacial score (nSPS) is 11.6. The molecule has 0 bridgehead atoms. The molecule has 142 valence electrons. The van der Waals surface area contributed by atoms with Gasteiger partial charge < -0.3 is 20.3 Å². The number of ether oxygens (including phenoxy) is 1. The largest absolute Gasteiger partial charge is 0.481 e. The summed E-state index contributed by atoms with van der Waals surface area (Å²) in [6.45, 7) is 0.433. The first-order valence-electron chi connectivity index (χ1n) is 8.43. The Kier molecular flexibility index (Phi) is 7.51. The van der Waals surface area contributed by atoms with Gasteiger partial charge >= 0.3 is 17.9 Å². The van der Waals surface area contributed by atoms with E-state index in [-0.39, 0.29) is 26.0 Å². The Hall–Kier alpha value is -3.19. The second-order valence-corrected chi connectivity index (χ2v) is 5.96. The lowest BCUT2D eigenvalue weighted by Crippen LogP contribution is -2.36. The van der Waals surface area contributed by atoms with E-state index in [0.717, 1.165) is 11.1 Å². The topological polar surface area (TPSA) is 113 Å². The molecule has 27 heavy (non-hydrogen) atoms. The van der Waals surface area contributed by atoms with Gasteiger partial charge in [0.2, 0.25) is 0 Å². The maximum atomic E-state index is 12.1. The van der Waals surface area contributed by atoms with Crippen molar-refractivity contribution in [1.82, 2.24) is 5.32 Å². The minimum atomic E-state index is -1.10. The zero-order chi connectivity index (χ0) is 19.6. The Balaban J connectivity index is 1.85. The van der Waals surface area contributed by atoms with Gasteiger partial charge in [0.15, 0.2) is 0 Å². The number of carboxylic acid groups (broad SMARTS) is 2. The number of carboxylic acids is 2. The Morgan fingerprint density at radius 3 is 2.19 bits per heavy atom. The van der Waals surface area contributed by atoms with E-state index < -0.39 is 23.9 Å². The molecule has 0 fully saturated rings. The molecule has 3 N–H and O–H groups in total. The first kappa shape index (κ1) is 20.1. The second kappa shape index (κ2) is 10.1. The summed E-state index contributed by atoms with van der Waals surface area (Å²) in [7, 11) is 0. The fourth-order valence-electron chi connectivity index (χ4n) is 2.39. The first-order chi connectivity index (χ1) is 13.0. The molecular weight excluding hydrogens is 350 g/mol. The fraction of sp³-hybridized carbons (Fsp3) is 0.250. The molecule has 0 heterocycles. The van der Waals surface area contributed by atoms with Crippen LogP contribution in [0.5, 0.6) is 0 Å². The monoisotopic (exact) mass is 371 g/mol. The lowest BCUT2D eigenvalue weighted by molar-refractivity contribution is -0.140. The van der Waals surface area contributed by atoms with E-state index in [9.17, 15) is 14.4 Å². The van der Waals surface area contributed by atoms with Crippen LogP contribution in [0.2, 0.25) is 0 Å². The summed E-state index contributed by atoms with van der Waals surface area (Å²) in [6.07, 6.45) is -0.231. The summed E-state index contributed by atoms with van der Waals surface area (Å²) in [5, 5.41) is 20.6. The minimum absolute atomic E-state index is 0.00539. The third-order valence-corrected chi connectivity index (χ3v) is 3.90. The highest BCUT2D eigenvalue weighted by Crippen LogP contribution is 2.09. The van der Waals surface area contributed by atoms with Gasteiger partial charge in [-0.25, -0.2) is 4.79 Å². The van der Waals surface area contributed by atoms with Gasteiger partial charge in [0, 0.05) is 13.0 Å². The number of nitrogens with one attached hydrogen (secondary N) is 1. The van der Waals surface area contributed by atoms with Gasteiger partial charge in [-0.1, -0.05) is 42.5 Å². The van der Waals surface area contributed by atoms with Crippen LogP contribution in [-0.4, -0.2) is 34.2 Å². The molecule has 0 amide bonds. The van der Waals surface area contributed by atoms with Crippen molar-refractivity contribution >= 4 is 17.9 Å². The van der Waals surface area contributed by atoms with E-state index in [1.807, 2.05) is 30.3 Å². The van der Waals surface area contributed by atoms with Crippen LogP contribution < -0.4 is 5.32 Å². The third kappa shape index (κ3) is 6.91. The Bertz CT molecular complexity index is 773. The van der Waals surface area contributed by atoms with E-state index >= 15 is 0 Å². The second-order valence-electron chi connectivity index (χ2n) is 5.96. The van der Waals surface area contributed by atoms with Crippen molar-refractivity contribution < 1.29 is 29.3 Å². The minimum Gasteiger partial charge on any atom is -0.481 e. The first-order valence-corrected chi connectivity index (χ1v) is 8.43. The number of esters is 1. The van der Waals surface area contributed by atoms with Gasteiger partial charge in [-0.05, 0) is 29.7 Å². The highest BCUT2D eigenvalue weighted by Gasteiger charge is 2.18. The third-order valence-electron chi connectivity index (χ3n) is 3.90. The molecule has 7 heteroatoms. The molecule has 0 aliphatic rings. The molecule has 2 aromatic rings. The molecule has 0 saturated heterocycles. The van der Waals surface area contributed by atoms with Crippen LogP contribution in [0.3, 0.4) is 0 Å². The Morgan fingerprint density at radius 1 is 0.926 bits per heavy atom. The lowest BCUT2D eigenvalue weighted by Gasteiger charge is -2.13. The van der Waals surface area contributed by atoms with Crippen molar-refractivity contribution in [3.05, 3.63) is 71.3 Å². The summed E-state index contributed by atoms with van der Waals surface area (Å²) in [5.74, 6) is -2.58. The Labute approximate surface area is 156 Å². The van der Waals surface area contributed by atoms with Crippen LogP contribution in [0, 0.1) is 0 Å². The van der Waals surface area contributed by atoms with Crippen molar-refractivity contribution in [2.45, 2.75) is 32.0 Å². The molecule has 0 saturated carbocycles. The lowest BCUT2D eigenvalue weighted by atomic mass is 10.1.